The third-order valence-corrected chi connectivity index (χ3v) is 4.81. The quantitative estimate of drug-likeness (QED) is 0.681. The topological polar surface area (TPSA) is 100 Å². The Labute approximate surface area is 163 Å². The highest BCUT2D eigenvalue weighted by Gasteiger charge is 2.28. The maximum atomic E-state index is 12.8. The highest BCUT2D eigenvalue weighted by atomic mass is 16.2. The van der Waals surface area contributed by atoms with Crippen LogP contribution in [0.5, 0.6) is 0 Å². The van der Waals surface area contributed by atoms with Gasteiger partial charge in [0.15, 0.2) is 0 Å². The molecule has 2 aromatic rings. The largest absolute Gasteiger partial charge is 0.340 e. The van der Waals surface area contributed by atoms with Gasteiger partial charge < -0.3 is 19.9 Å². The van der Waals surface area contributed by atoms with Crippen molar-refractivity contribution < 1.29 is 14.4 Å². The summed E-state index contributed by atoms with van der Waals surface area (Å²) < 4.78 is 1.59. The molecule has 1 aliphatic rings. The first-order chi connectivity index (χ1) is 13.6. The van der Waals surface area contributed by atoms with Gasteiger partial charge in [0.25, 0.3) is 5.91 Å². The molecule has 2 heterocycles. The minimum absolute atomic E-state index is 0.137. The molecule has 9 nitrogen and oxygen atoms in total. The van der Waals surface area contributed by atoms with Gasteiger partial charge in [-0.25, -0.2) is 4.68 Å². The van der Waals surface area contributed by atoms with Gasteiger partial charge in [-0.15, -0.1) is 5.10 Å². The first kappa shape index (κ1) is 19.7. The van der Waals surface area contributed by atoms with E-state index >= 15 is 0 Å². The molecule has 1 aromatic heterocycles. The summed E-state index contributed by atoms with van der Waals surface area (Å²) in [5.41, 5.74) is 1.21. The number of aldehydes is 1. The monoisotopic (exact) mass is 384 g/mol. The fourth-order valence-electron chi connectivity index (χ4n) is 3.09. The Morgan fingerprint density at radius 2 is 1.89 bits per heavy atom. The van der Waals surface area contributed by atoms with E-state index in [2.05, 4.69) is 20.5 Å². The Kier molecular flexibility index (Phi) is 6.49. The minimum Gasteiger partial charge on any atom is -0.340 e. The average Bonchev–Trinajstić information content (AvgIpc) is 3.26. The number of nitrogens with one attached hydrogen (secondary N) is 1. The van der Waals surface area contributed by atoms with Crippen LogP contribution in [0.2, 0.25) is 0 Å². The molecule has 3 rings (SSSR count). The second-order valence-corrected chi connectivity index (χ2v) is 6.79. The number of carbonyl (C=O) groups is 3. The number of benzene rings is 1. The molecule has 1 atom stereocenters. The first-order valence-corrected chi connectivity index (χ1v) is 9.27. The Balaban J connectivity index is 1.66. The zero-order valence-electron chi connectivity index (χ0n) is 15.8. The molecule has 1 fully saturated rings. The molecule has 0 bridgehead atoms. The molecule has 9 heteroatoms. The molecule has 0 saturated carbocycles. The molecule has 28 heavy (non-hydrogen) atoms. The Morgan fingerprint density at radius 3 is 2.50 bits per heavy atom. The van der Waals surface area contributed by atoms with Crippen LogP contribution in [0.1, 0.15) is 23.2 Å². The molecule has 2 amide bonds. The van der Waals surface area contributed by atoms with Crippen molar-refractivity contribution in [3.8, 4) is 5.69 Å². The summed E-state index contributed by atoms with van der Waals surface area (Å²) in [5.74, 6) is -0.481. The number of aromatic nitrogens is 3. The van der Waals surface area contributed by atoms with Gasteiger partial charge in [-0.05, 0) is 37.7 Å². The molecule has 1 saturated heterocycles. The Bertz CT molecular complexity index is 798. The maximum absolute atomic E-state index is 12.8. The zero-order chi connectivity index (χ0) is 19.9. The lowest BCUT2D eigenvalue weighted by Crippen LogP contribution is -2.54. The molecule has 1 N–H and O–H groups in total. The van der Waals surface area contributed by atoms with Crippen LogP contribution in [0, 0.1) is 0 Å². The SMILES string of the molecule is CN1CCN(C(=O)C(CCC=O)NC(=O)c2ccc(-n3ccnn3)cc2)CC1. The molecule has 0 radical (unpaired) electrons. The smallest absolute Gasteiger partial charge is 0.251 e. The molecular formula is C19H24N6O3. The summed E-state index contributed by atoms with van der Waals surface area (Å²) in [7, 11) is 2.01. The first-order valence-electron chi connectivity index (χ1n) is 9.27. The van der Waals surface area contributed by atoms with Gasteiger partial charge in [0, 0.05) is 38.2 Å². The third kappa shape index (κ3) is 4.80. The van der Waals surface area contributed by atoms with E-state index in [9.17, 15) is 14.4 Å². The van der Waals surface area contributed by atoms with Crippen molar-refractivity contribution in [1.82, 2.24) is 30.1 Å². The Hall–Kier alpha value is -3.07. The fraction of sp³-hybridized carbons (Fsp3) is 0.421. The lowest BCUT2D eigenvalue weighted by molar-refractivity contribution is -0.135. The van der Waals surface area contributed by atoms with Crippen LogP contribution in [-0.4, -0.2) is 82.2 Å². The van der Waals surface area contributed by atoms with Crippen LogP contribution in [-0.2, 0) is 9.59 Å². The van der Waals surface area contributed by atoms with Crippen LogP contribution in [0.4, 0.5) is 0 Å². The summed E-state index contributed by atoms with van der Waals surface area (Å²) in [4.78, 5) is 40.2. The molecule has 148 valence electrons. The van der Waals surface area contributed by atoms with E-state index in [0.717, 1.165) is 25.1 Å². The third-order valence-electron chi connectivity index (χ3n) is 4.81. The van der Waals surface area contributed by atoms with E-state index in [0.29, 0.717) is 18.7 Å². The zero-order valence-corrected chi connectivity index (χ0v) is 15.8. The van der Waals surface area contributed by atoms with Gasteiger partial charge >= 0.3 is 0 Å². The van der Waals surface area contributed by atoms with Crippen LogP contribution in [0.15, 0.2) is 36.7 Å². The van der Waals surface area contributed by atoms with Crippen molar-refractivity contribution in [2.75, 3.05) is 33.2 Å². The van der Waals surface area contributed by atoms with Gasteiger partial charge in [0.05, 0.1) is 18.1 Å². The fourth-order valence-corrected chi connectivity index (χ4v) is 3.09. The molecule has 1 aromatic carbocycles. The van der Waals surface area contributed by atoms with Crippen molar-refractivity contribution in [3.05, 3.63) is 42.2 Å². The van der Waals surface area contributed by atoms with Crippen LogP contribution >= 0.6 is 0 Å². The van der Waals surface area contributed by atoms with E-state index < -0.39 is 6.04 Å². The number of nitrogens with zero attached hydrogens (tertiary/aromatic N) is 5. The van der Waals surface area contributed by atoms with Crippen LogP contribution in [0.3, 0.4) is 0 Å². The van der Waals surface area contributed by atoms with E-state index in [-0.39, 0.29) is 24.7 Å². The summed E-state index contributed by atoms with van der Waals surface area (Å²) in [6, 6.07) is 6.14. The van der Waals surface area contributed by atoms with E-state index in [4.69, 9.17) is 0 Å². The van der Waals surface area contributed by atoms with Gasteiger partial charge in [-0.2, -0.15) is 0 Å². The highest BCUT2D eigenvalue weighted by molar-refractivity contribution is 5.97. The molecule has 1 unspecified atom stereocenters. The van der Waals surface area contributed by atoms with Crippen LogP contribution < -0.4 is 5.32 Å². The van der Waals surface area contributed by atoms with Crippen molar-refractivity contribution in [1.29, 1.82) is 0 Å². The second kappa shape index (κ2) is 9.23. The molecule has 0 spiro atoms. The van der Waals surface area contributed by atoms with E-state index in [1.54, 1.807) is 46.2 Å². The van der Waals surface area contributed by atoms with Crippen molar-refractivity contribution in [2.45, 2.75) is 18.9 Å². The predicted octanol–water partition coefficient (Wildman–Crippen LogP) is 0.119. The lowest BCUT2D eigenvalue weighted by atomic mass is 10.1. The van der Waals surface area contributed by atoms with Gasteiger partial charge in [-0.1, -0.05) is 5.21 Å². The molecule has 1 aliphatic heterocycles. The minimum atomic E-state index is -0.712. The normalized spacial score (nSPS) is 15.8. The predicted molar refractivity (Wildman–Crippen MR) is 102 cm³/mol. The number of amides is 2. The number of rotatable bonds is 7. The number of carbonyl (C=O) groups excluding carboxylic acids is 3. The van der Waals surface area contributed by atoms with Crippen molar-refractivity contribution in [3.63, 3.8) is 0 Å². The summed E-state index contributed by atoms with van der Waals surface area (Å²) in [6.07, 6.45) is 4.55. The standard InChI is InChI=1S/C19H24N6O3/c1-23-10-12-24(13-11-23)19(28)17(3-2-14-26)21-18(27)15-4-6-16(7-5-15)25-9-8-20-22-25/h4-9,14,17H,2-3,10-13H2,1H3,(H,21,27). The number of likely N-dealkylation sites (N-methyl/N-ethyl adjacent to an activating group) is 1. The molecule has 0 aliphatic carbocycles. The van der Waals surface area contributed by atoms with E-state index in [1.165, 1.54) is 0 Å². The summed E-state index contributed by atoms with van der Waals surface area (Å²) in [6.45, 7) is 2.83. The number of hydrogen-bond donors (Lipinski definition) is 1. The maximum Gasteiger partial charge on any atom is 0.251 e. The van der Waals surface area contributed by atoms with Crippen molar-refractivity contribution in [2.24, 2.45) is 0 Å². The van der Waals surface area contributed by atoms with E-state index in [1.807, 2.05) is 7.05 Å². The Morgan fingerprint density at radius 1 is 1.18 bits per heavy atom. The molecular weight excluding hydrogens is 360 g/mol. The van der Waals surface area contributed by atoms with Crippen LogP contribution in [0.25, 0.3) is 5.69 Å². The number of piperazine rings is 1. The highest BCUT2D eigenvalue weighted by Crippen LogP contribution is 2.11. The lowest BCUT2D eigenvalue weighted by Gasteiger charge is -2.34. The summed E-state index contributed by atoms with van der Waals surface area (Å²) in [5, 5.41) is 10.4. The van der Waals surface area contributed by atoms with Gasteiger partial charge in [-0.3, -0.25) is 9.59 Å². The number of hydrogen-bond acceptors (Lipinski definition) is 6. The second-order valence-electron chi connectivity index (χ2n) is 6.79. The summed E-state index contributed by atoms with van der Waals surface area (Å²) >= 11 is 0. The van der Waals surface area contributed by atoms with Gasteiger partial charge in [0.2, 0.25) is 5.91 Å². The average molecular weight is 384 g/mol. The van der Waals surface area contributed by atoms with Crippen molar-refractivity contribution >= 4 is 18.1 Å². The van der Waals surface area contributed by atoms with Gasteiger partial charge in [0.1, 0.15) is 12.3 Å².